The number of benzene rings is 2. The first-order valence-corrected chi connectivity index (χ1v) is 9.05. The summed E-state index contributed by atoms with van der Waals surface area (Å²) in [4.78, 5) is 16.2. The molecule has 138 valence electrons. The first-order valence-electron chi connectivity index (χ1n) is 9.05. The molecule has 0 aliphatic carbocycles. The Morgan fingerprint density at radius 3 is 2.38 bits per heavy atom. The van der Waals surface area contributed by atoms with Crippen molar-refractivity contribution in [1.82, 2.24) is 4.90 Å². The lowest BCUT2D eigenvalue weighted by atomic mass is 10.0. The second-order valence-corrected chi connectivity index (χ2v) is 6.80. The second kappa shape index (κ2) is 8.21. The van der Waals surface area contributed by atoms with Crippen molar-refractivity contribution in [3.05, 3.63) is 59.9 Å². The fraction of sp³-hybridized carbons (Fsp3) is 0.381. The number of anilines is 1. The first kappa shape index (κ1) is 18.2. The lowest BCUT2D eigenvalue weighted by Gasteiger charge is -2.36. The summed E-state index contributed by atoms with van der Waals surface area (Å²) in [6, 6.07) is 14.6. The molecule has 0 aromatic heterocycles. The van der Waals surface area contributed by atoms with Gasteiger partial charge in [0.15, 0.2) is 6.61 Å². The third kappa shape index (κ3) is 4.15. The second-order valence-electron chi connectivity index (χ2n) is 6.80. The summed E-state index contributed by atoms with van der Waals surface area (Å²) in [6.07, 6.45) is 0. The molecule has 0 radical (unpaired) electrons. The van der Waals surface area contributed by atoms with Crippen LogP contribution < -0.4 is 9.64 Å². The summed E-state index contributed by atoms with van der Waals surface area (Å²) in [5.74, 6) is 0.851. The van der Waals surface area contributed by atoms with Crippen LogP contribution in [0.3, 0.4) is 0 Å². The molecule has 0 saturated carbocycles. The van der Waals surface area contributed by atoms with Gasteiger partial charge in [0.05, 0.1) is 5.69 Å². The third-order valence-corrected chi connectivity index (χ3v) is 4.72. The summed E-state index contributed by atoms with van der Waals surface area (Å²) >= 11 is 0. The number of rotatable bonds is 5. The number of hydrogen-bond donors (Lipinski definition) is 0. The van der Waals surface area contributed by atoms with Gasteiger partial charge in [-0.05, 0) is 29.7 Å². The molecule has 0 N–H and O–H groups in total. The summed E-state index contributed by atoms with van der Waals surface area (Å²) in [5, 5.41) is 0. The van der Waals surface area contributed by atoms with Crippen molar-refractivity contribution in [1.29, 1.82) is 0 Å². The van der Waals surface area contributed by atoms with Crippen molar-refractivity contribution in [3.63, 3.8) is 0 Å². The Balaban J connectivity index is 1.54. The molecular formula is C21H25FN2O2. The highest BCUT2D eigenvalue weighted by molar-refractivity contribution is 5.78. The maximum atomic E-state index is 13.9. The molecule has 1 fully saturated rings. The zero-order valence-electron chi connectivity index (χ0n) is 15.3. The zero-order valence-corrected chi connectivity index (χ0v) is 15.3. The molecule has 2 aromatic rings. The topological polar surface area (TPSA) is 32.8 Å². The summed E-state index contributed by atoms with van der Waals surface area (Å²) in [5.41, 5.74) is 1.70. The van der Waals surface area contributed by atoms with E-state index in [0.717, 1.165) is 11.3 Å². The van der Waals surface area contributed by atoms with Crippen molar-refractivity contribution in [3.8, 4) is 5.75 Å². The summed E-state index contributed by atoms with van der Waals surface area (Å²) in [7, 11) is 0. The Hall–Kier alpha value is -2.56. The van der Waals surface area contributed by atoms with E-state index in [2.05, 4.69) is 13.8 Å². The van der Waals surface area contributed by atoms with Gasteiger partial charge in [-0.15, -0.1) is 0 Å². The SMILES string of the molecule is CC(C)c1ccccc1OCC(=O)N1CCN(c2ccccc2F)CC1. The van der Waals surface area contributed by atoms with Crippen molar-refractivity contribution in [2.45, 2.75) is 19.8 Å². The monoisotopic (exact) mass is 356 g/mol. The Morgan fingerprint density at radius 1 is 1.04 bits per heavy atom. The molecule has 1 saturated heterocycles. The Bertz CT molecular complexity index is 755. The molecule has 26 heavy (non-hydrogen) atoms. The normalized spacial score (nSPS) is 14.6. The largest absolute Gasteiger partial charge is 0.483 e. The minimum atomic E-state index is -0.221. The van der Waals surface area contributed by atoms with E-state index in [9.17, 15) is 9.18 Å². The van der Waals surface area contributed by atoms with Crippen LogP contribution in [0.4, 0.5) is 10.1 Å². The predicted molar refractivity (Wildman–Crippen MR) is 101 cm³/mol. The van der Waals surface area contributed by atoms with Crippen LogP contribution in [0, 0.1) is 5.82 Å². The minimum Gasteiger partial charge on any atom is -0.483 e. The molecule has 0 bridgehead atoms. The van der Waals surface area contributed by atoms with Gasteiger partial charge in [-0.1, -0.05) is 44.2 Å². The number of ether oxygens (including phenoxy) is 1. The van der Waals surface area contributed by atoms with E-state index in [4.69, 9.17) is 4.74 Å². The van der Waals surface area contributed by atoms with E-state index >= 15 is 0 Å². The van der Waals surface area contributed by atoms with Crippen molar-refractivity contribution >= 4 is 11.6 Å². The predicted octanol–water partition coefficient (Wildman–Crippen LogP) is 3.68. The van der Waals surface area contributed by atoms with E-state index in [0.29, 0.717) is 37.8 Å². The van der Waals surface area contributed by atoms with Crippen LogP contribution in [-0.4, -0.2) is 43.6 Å². The van der Waals surface area contributed by atoms with Crippen molar-refractivity contribution in [2.75, 3.05) is 37.7 Å². The standard InChI is InChI=1S/C21H25FN2O2/c1-16(2)17-7-3-6-10-20(17)26-15-21(25)24-13-11-23(12-14-24)19-9-5-4-8-18(19)22/h3-10,16H,11-15H2,1-2H3. The lowest BCUT2D eigenvalue weighted by Crippen LogP contribution is -2.50. The first-order chi connectivity index (χ1) is 12.6. The van der Waals surface area contributed by atoms with Crippen LogP contribution in [0.1, 0.15) is 25.3 Å². The molecule has 0 spiro atoms. The molecule has 1 aliphatic heterocycles. The van der Waals surface area contributed by atoms with Crippen molar-refractivity contribution < 1.29 is 13.9 Å². The van der Waals surface area contributed by atoms with Gasteiger partial charge in [0, 0.05) is 26.2 Å². The van der Waals surface area contributed by atoms with Gasteiger partial charge in [-0.3, -0.25) is 4.79 Å². The Kier molecular flexibility index (Phi) is 5.76. The molecule has 1 amide bonds. The van der Waals surface area contributed by atoms with Crippen LogP contribution in [0.2, 0.25) is 0 Å². The molecule has 0 unspecified atom stereocenters. The molecule has 3 rings (SSSR count). The molecule has 1 aliphatic rings. The van der Waals surface area contributed by atoms with Gasteiger partial charge >= 0.3 is 0 Å². The Morgan fingerprint density at radius 2 is 1.69 bits per heavy atom. The van der Waals surface area contributed by atoms with E-state index < -0.39 is 0 Å². The highest BCUT2D eigenvalue weighted by Gasteiger charge is 2.23. The third-order valence-electron chi connectivity index (χ3n) is 4.72. The number of hydrogen-bond acceptors (Lipinski definition) is 3. The summed E-state index contributed by atoms with van der Waals surface area (Å²) < 4.78 is 19.7. The average molecular weight is 356 g/mol. The lowest BCUT2D eigenvalue weighted by molar-refractivity contribution is -0.133. The molecule has 2 aromatic carbocycles. The van der Waals surface area contributed by atoms with Crippen LogP contribution in [-0.2, 0) is 4.79 Å². The zero-order chi connectivity index (χ0) is 18.5. The Labute approximate surface area is 154 Å². The maximum absolute atomic E-state index is 13.9. The molecular weight excluding hydrogens is 331 g/mol. The van der Waals surface area contributed by atoms with Gasteiger partial charge < -0.3 is 14.5 Å². The minimum absolute atomic E-state index is 0.0308. The summed E-state index contributed by atoms with van der Waals surface area (Å²) in [6.45, 7) is 6.62. The van der Waals surface area contributed by atoms with Gasteiger partial charge in [0.25, 0.3) is 5.91 Å². The quantitative estimate of drug-likeness (QED) is 0.819. The maximum Gasteiger partial charge on any atom is 0.260 e. The van der Waals surface area contributed by atoms with Crippen molar-refractivity contribution in [2.24, 2.45) is 0 Å². The highest BCUT2D eigenvalue weighted by atomic mass is 19.1. The number of para-hydroxylation sites is 2. The number of halogens is 1. The fourth-order valence-corrected chi connectivity index (χ4v) is 3.22. The number of nitrogens with zero attached hydrogens (tertiary/aromatic N) is 2. The average Bonchev–Trinajstić information content (AvgIpc) is 2.67. The van der Waals surface area contributed by atoms with E-state index in [-0.39, 0.29) is 18.3 Å². The number of amides is 1. The number of carbonyl (C=O) groups is 1. The van der Waals surface area contributed by atoms with Crippen LogP contribution in [0.15, 0.2) is 48.5 Å². The van der Waals surface area contributed by atoms with E-state index in [1.165, 1.54) is 6.07 Å². The highest BCUT2D eigenvalue weighted by Crippen LogP contribution is 2.26. The molecule has 4 nitrogen and oxygen atoms in total. The van der Waals surface area contributed by atoms with Gasteiger partial charge in [0.1, 0.15) is 11.6 Å². The number of carbonyl (C=O) groups excluding carboxylic acids is 1. The van der Waals surface area contributed by atoms with Gasteiger partial charge in [-0.2, -0.15) is 0 Å². The molecule has 0 atom stereocenters. The van der Waals surface area contributed by atoms with E-state index in [1.807, 2.05) is 35.2 Å². The van der Waals surface area contributed by atoms with Gasteiger partial charge in [0.2, 0.25) is 0 Å². The fourth-order valence-electron chi connectivity index (χ4n) is 3.22. The van der Waals surface area contributed by atoms with E-state index in [1.54, 1.807) is 17.0 Å². The van der Waals surface area contributed by atoms with Crippen LogP contribution >= 0.6 is 0 Å². The van der Waals surface area contributed by atoms with Crippen LogP contribution in [0.5, 0.6) is 5.75 Å². The number of piperazine rings is 1. The van der Waals surface area contributed by atoms with Gasteiger partial charge in [-0.25, -0.2) is 4.39 Å². The molecule has 5 heteroatoms. The van der Waals surface area contributed by atoms with Crippen LogP contribution in [0.25, 0.3) is 0 Å². The molecule has 1 heterocycles. The smallest absolute Gasteiger partial charge is 0.260 e.